The van der Waals surface area contributed by atoms with Gasteiger partial charge in [0.05, 0.1) is 5.92 Å². The SMILES string of the molecule is CC(C)Cc1ccc([C@H]([11CH3])C(=O)O)cc1. The molecule has 1 atom stereocenters. The van der Waals surface area contributed by atoms with Gasteiger partial charge in [-0.25, -0.2) is 0 Å². The number of carbonyl (C=O) groups is 1. The van der Waals surface area contributed by atoms with Gasteiger partial charge in [0.15, 0.2) is 0 Å². The molecule has 2 nitrogen and oxygen atoms in total. The summed E-state index contributed by atoms with van der Waals surface area (Å²) in [7, 11) is 0. The topological polar surface area (TPSA) is 37.3 Å². The fourth-order valence-corrected chi connectivity index (χ4v) is 1.56. The molecule has 2 heteroatoms. The number of carboxylic acid groups (broad SMARTS) is 1. The van der Waals surface area contributed by atoms with Crippen molar-refractivity contribution in [1.82, 2.24) is 0 Å². The average molecular weight is 205 g/mol. The summed E-state index contributed by atoms with van der Waals surface area (Å²) in [5.41, 5.74) is 2.14. The Bertz CT molecular complexity index is 325. The van der Waals surface area contributed by atoms with E-state index in [1.165, 1.54) is 5.56 Å². The van der Waals surface area contributed by atoms with Gasteiger partial charge < -0.3 is 5.11 Å². The first-order chi connectivity index (χ1) is 7.00. The summed E-state index contributed by atoms with van der Waals surface area (Å²) in [6.07, 6.45) is 1.04. The number of hydrogen-bond acceptors (Lipinski definition) is 1. The molecule has 0 radical (unpaired) electrons. The zero-order valence-electron chi connectivity index (χ0n) is 9.53. The highest BCUT2D eigenvalue weighted by Crippen LogP contribution is 2.17. The lowest BCUT2D eigenvalue weighted by Crippen LogP contribution is -2.07. The summed E-state index contributed by atoms with van der Waals surface area (Å²) >= 11 is 0. The van der Waals surface area contributed by atoms with E-state index < -0.39 is 11.9 Å². The fraction of sp³-hybridized carbons (Fsp3) is 0.462. The van der Waals surface area contributed by atoms with Crippen molar-refractivity contribution in [2.24, 2.45) is 5.92 Å². The molecule has 82 valence electrons. The predicted octanol–water partition coefficient (Wildman–Crippen LogP) is 3.07. The summed E-state index contributed by atoms with van der Waals surface area (Å²) < 4.78 is 0. The van der Waals surface area contributed by atoms with Crippen molar-refractivity contribution in [2.45, 2.75) is 33.1 Å². The van der Waals surface area contributed by atoms with Crippen LogP contribution in [0.2, 0.25) is 0 Å². The van der Waals surface area contributed by atoms with Crippen LogP contribution in [-0.4, -0.2) is 11.1 Å². The van der Waals surface area contributed by atoms with Crippen molar-refractivity contribution in [3.05, 3.63) is 35.4 Å². The maximum Gasteiger partial charge on any atom is 0.310 e. The highest BCUT2D eigenvalue weighted by molar-refractivity contribution is 5.75. The van der Waals surface area contributed by atoms with E-state index in [9.17, 15) is 4.79 Å². The molecule has 1 rings (SSSR count). The van der Waals surface area contributed by atoms with E-state index in [1.807, 2.05) is 24.3 Å². The van der Waals surface area contributed by atoms with Gasteiger partial charge in [0.2, 0.25) is 0 Å². The normalized spacial score (nSPS) is 12.8. The van der Waals surface area contributed by atoms with Crippen molar-refractivity contribution in [3.8, 4) is 0 Å². The summed E-state index contributed by atoms with van der Waals surface area (Å²) in [5.74, 6) is -0.558. The molecule has 0 saturated carbocycles. The van der Waals surface area contributed by atoms with Gasteiger partial charge in [0.1, 0.15) is 0 Å². The van der Waals surface area contributed by atoms with E-state index in [0.717, 1.165) is 12.0 Å². The zero-order chi connectivity index (χ0) is 11.4. The molecular formula is C13H18O2. The van der Waals surface area contributed by atoms with Crippen LogP contribution >= 0.6 is 0 Å². The van der Waals surface area contributed by atoms with Crippen LogP contribution in [0.15, 0.2) is 24.3 Å². The Kier molecular flexibility index (Phi) is 3.89. The van der Waals surface area contributed by atoms with Crippen LogP contribution in [0, 0.1) is 5.92 Å². The molecule has 0 bridgehead atoms. The molecule has 0 amide bonds. The second-order valence-corrected chi connectivity index (χ2v) is 4.40. The van der Waals surface area contributed by atoms with E-state index in [4.69, 9.17) is 5.11 Å². The van der Waals surface area contributed by atoms with Gasteiger partial charge in [0, 0.05) is 0 Å². The first-order valence-electron chi connectivity index (χ1n) is 5.32. The Morgan fingerprint density at radius 2 is 1.73 bits per heavy atom. The monoisotopic (exact) mass is 205 g/mol. The van der Waals surface area contributed by atoms with Crippen LogP contribution in [0.3, 0.4) is 0 Å². The van der Waals surface area contributed by atoms with Crippen LogP contribution in [0.25, 0.3) is 0 Å². The molecule has 1 aromatic rings. The quantitative estimate of drug-likeness (QED) is 0.820. The lowest BCUT2D eigenvalue weighted by atomic mass is 9.86. The Labute approximate surface area is 90.9 Å². The molecule has 0 fully saturated rings. The molecule has 0 aromatic heterocycles. The summed E-state index contributed by atoms with van der Waals surface area (Å²) in [6, 6.07) is 7.87. The van der Waals surface area contributed by atoms with E-state index in [0.29, 0.717) is 5.92 Å². The predicted molar refractivity (Wildman–Crippen MR) is 61.0 cm³/mol. The standard InChI is InChI=1S/C13H18O2/c1-9(2)8-11-4-6-12(7-5-11)10(3)13(14)15/h4-7,9-10H,8H2,1-3H3,(H,14,15)/t10-/m0/s1/i3-1. The van der Waals surface area contributed by atoms with Gasteiger partial charge in [-0.1, -0.05) is 38.1 Å². The molecule has 0 aliphatic rings. The van der Waals surface area contributed by atoms with Crippen molar-refractivity contribution < 1.29 is 9.90 Å². The number of hydrogen-bond donors (Lipinski definition) is 1. The summed E-state index contributed by atoms with van der Waals surface area (Å²) in [5, 5.41) is 8.85. The highest BCUT2D eigenvalue weighted by atomic mass is 16.4. The summed E-state index contributed by atoms with van der Waals surface area (Å²) in [6.45, 7) is 6.06. The largest absolute Gasteiger partial charge is 0.481 e. The zero-order valence-corrected chi connectivity index (χ0v) is 9.53. The highest BCUT2D eigenvalue weighted by Gasteiger charge is 2.12. The van der Waals surface area contributed by atoms with Gasteiger partial charge in [-0.15, -0.1) is 0 Å². The van der Waals surface area contributed by atoms with Crippen LogP contribution in [-0.2, 0) is 11.2 Å². The Morgan fingerprint density at radius 1 is 1.20 bits per heavy atom. The third-order valence-corrected chi connectivity index (χ3v) is 2.49. The average Bonchev–Trinajstić information content (AvgIpc) is 2.17. The molecular weight excluding hydrogens is 187 g/mol. The van der Waals surface area contributed by atoms with Gasteiger partial charge in [-0.2, -0.15) is 0 Å². The smallest absolute Gasteiger partial charge is 0.310 e. The minimum Gasteiger partial charge on any atom is -0.481 e. The molecule has 1 aromatic carbocycles. The van der Waals surface area contributed by atoms with Crippen molar-refractivity contribution >= 4 is 5.97 Å². The Hall–Kier alpha value is -1.31. The Balaban J connectivity index is 2.76. The van der Waals surface area contributed by atoms with Gasteiger partial charge in [-0.05, 0) is 30.4 Å². The second kappa shape index (κ2) is 4.96. The van der Waals surface area contributed by atoms with E-state index in [-0.39, 0.29) is 0 Å². The van der Waals surface area contributed by atoms with Crippen molar-refractivity contribution in [3.63, 3.8) is 0 Å². The molecule has 0 heterocycles. The number of aliphatic carboxylic acids is 1. The Morgan fingerprint density at radius 3 is 2.13 bits per heavy atom. The van der Waals surface area contributed by atoms with E-state index >= 15 is 0 Å². The maximum atomic E-state index is 10.8. The molecule has 0 spiro atoms. The number of rotatable bonds is 4. The number of benzene rings is 1. The summed E-state index contributed by atoms with van der Waals surface area (Å²) in [4.78, 5) is 10.8. The molecule has 0 aliphatic heterocycles. The van der Waals surface area contributed by atoms with Gasteiger partial charge in [-0.3, -0.25) is 4.79 Å². The van der Waals surface area contributed by atoms with Crippen molar-refractivity contribution in [2.75, 3.05) is 0 Å². The van der Waals surface area contributed by atoms with Crippen LogP contribution < -0.4 is 0 Å². The van der Waals surface area contributed by atoms with E-state index in [1.54, 1.807) is 6.92 Å². The second-order valence-electron chi connectivity index (χ2n) is 4.40. The third-order valence-electron chi connectivity index (χ3n) is 2.49. The molecule has 1 N–H and O–H groups in total. The van der Waals surface area contributed by atoms with Gasteiger partial charge >= 0.3 is 5.97 Å². The minimum absolute atomic E-state index is 0.418. The molecule has 15 heavy (non-hydrogen) atoms. The van der Waals surface area contributed by atoms with Crippen LogP contribution in [0.4, 0.5) is 0 Å². The van der Waals surface area contributed by atoms with E-state index in [2.05, 4.69) is 13.8 Å². The number of carboxylic acids is 1. The first-order valence-corrected chi connectivity index (χ1v) is 5.32. The van der Waals surface area contributed by atoms with Crippen LogP contribution in [0.5, 0.6) is 0 Å². The molecule has 0 unspecified atom stereocenters. The molecule has 0 aliphatic carbocycles. The van der Waals surface area contributed by atoms with Crippen molar-refractivity contribution in [1.29, 1.82) is 0 Å². The minimum atomic E-state index is -0.772. The lowest BCUT2D eigenvalue weighted by Gasteiger charge is -2.09. The van der Waals surface area contributed by atoms with Gasteiger partial charge in [0.25, 0.3) is 0 Å². The maximum absolute atomic E-state index is 10.8. The molecule has 0 saturated heterocycles. The fourth-order valence-electron chi connectivity index (χ4n) is 1.56. The lowest BCUT2D eigenvalue weighted by molar-refractivity contribution is -0.138. The van der Waals surface area contributed by atoms with Crippen LogP contribution in [0.1, 0.15) is 37.8 Å². The first kappa shape index (κ1) is 11.8. The third kappa shape index (κ3) is 3.39.